The van der Waals surface area contributed by atoms with Crippen LogP contribution in [-0.2, 0) is 9.53 Å². The van der Waals surface area contributed by atoms with Gasteiger partial charge in [-0.25, -0.2) is 9.79 Å². The number of fused-ring (bicyclic) bond motifs is 1. The summed E-state index contributed by atoms with van der Waals surface area (Å²) < 4.78 is 16.8. The van der Waals surface area contributed by atoms with Crippen LogP contribution in [-0.4, -0.2) is 19.0 Å². The summed E-state index contributed by atoms with van der Waals surface area (Å²) in [5.41, 5.74) is 0.971. The van der Waals surface area contributed by atoms with Gasteiger partial charge in [-0.3, -0.25) is 4.79 Å². The molecule has 0 atom stereocenters. The molecule has 7 heteroatoms. The van der Waals surface area contributed by atoms with Crippen molar-refractivity contribution < 1.29 is 18.7 Å². The molecule has 2 heterocycles. The Morgan fingerprint density at radius 3 is 2.78 bits per heavy atom. The van der Waals surface area contributed by atoms with E-state index in [1.807, 2.05) is 0 Å². The number of cyclic esters (lactones) is 1. The summed E-state index contributed by atoms with van der Waals surface area (Å²) in [7, 11) is 1.51. The van der Waals surface area contributed by atoms with Crippen molar-refractivity contribution in [3.63, 3.8) is 0 Å². The van der Waals surface area contributed by atoms with Crippen LogP contribution in [0.15, 0.2) is 73.1 Å². The summed E-state index contributed by atoms with van der Waals surface area (Å²) in [4.78, 5) is 29.0. The van der Waals surface area contributed by atoms with Crippen LogP contribution in [0.5, 0.6) is 5.75 Å². The van der Waals surface area contributed by atoms with Crippen molar-refractivity contribution in [1.82, 2.24) is 0 Å². The maximum absolute atomic E-state index is 12.6. The average Bonchev–Trinajstić information content (AvgIpc) is 3.04. The van der Waals surface area contributed by atoms with Gasteiger partial charge in [0.25, 0.3) is 0 Å². The van der Waals surface area contributed by atoms with E-state index in [1.165, 1.54) is 19.4 Å². The van der Waals surface area contributed by atoms with E-state index in [1.54, 1.807) is 42.5 Å². The van der Waals surface area contributed by atoms with Gasteiger partial charge in [-0.05, 0) is 36.4 Å². The lowest BCUT2D eigenvalue weighted by molar-refractivity contribution is -0.129. The Labute approximate surface area is 161 Å². The third kappa shape index (κ3) is 3.17. The normalized spacial score (nSPS) is 15.1. The number of benzene rings is 2. The molecule has 4 rings (SSSR count). The Balaban J connectivity index is 1.79. The number of para-hydroxylation sites is 1. The number of halogens is 1. The predicted octanol–water partition coefficient (Wildman–Crippen LogP) is 3.91. The molecule has 0 bridgehead atoms. The minimum atomic E-state index is -0.653. The topological polar surface area (TPSA) is 78.1 Å². The number of carbonyl (C=O) groups excluding carboxylic acids is 1. The first-order valence-corrected chi connectivity index (χ1v) is 8.73. The van der Waals surface area contributed by atoms with Gasteiger partial charge in [0.05, 0.1) is 23.6 Å². The number of hydrogen-bond acceptors (Lipinski definition) is 6. The van der Waals surface area contributed by atoms with Gasteiger partial charge in [0, 0.05) is 4.47 Å². The van der Waals surface area contributed by atoms with E-state index in [2.05, 4.69) is 20.9 Å². The van der Waals surface area contributed by atoms with Gasteiger partial charge < -0.3 is 13.9 Å². The largest absolute Gasteiger partial charge is 0.496 e. The standard InChI is InChI=1S/C20H12BrNO5/c1-25-16-7-6-12(21)9-14(16)19-22-15(20(24)27-19)8-11-10-26-17-5-3-2-4-13(17)18(11)23/h2-10H,1H3/b15-8-. The predicted molar refractivity (Wildman–Crippen MR) is 104 cm³/mol. The zero-order chi connectivity index (χ0) is 19.0. The van der Waals surface area contributed by atoms with E-state index in [-0.39, 0.29) is 22.6 Å². The summed E-state index contributed by atoms with van der Waals surface area (Å²) in [6.07, 6.45) is 2.66. The molecule has 134 valence electrons. The molecule has 6 nitrogen and oxygen atoms in total. The van der Waals surface area contributed by atoms with Crippen LogP contribution < -0.4 is 10.2 Å². The number of ether oxygens (including phenoxy) is 2. The molecule has 0 saturated heterocycles. The number of rotatable bonds is 3. The van der Waals surface area contributed by atoms with E-state index in [0.29, 0.717) is 22.3 Å². The third-order valence-corrected chi connectivity index (χ3v) is 4.50. The van der Waals surface area contributed by atoms with Crippen molar-refractivity contribution in [2.45, 2.75) is 0 Å². The molecule has 1 aromatic heterocycles. The Bertz CT molecular complexity index is 1190. The molecular weight excluding hydrogens is 414 g/mol. The highest BCUT2D eigenvalue weighted by Crippen LogP contribution is 2.28. The molecule has 0 radical (unpaired) electrons. The third-order valence-electron chi connectivity index (χ3n) is 4.01. The zero-order valence-corrected chi connectivity index (χ0v) is 15.6. The Morgan fingerprint density at radius 2 is 1.96 bits per heavy atom. The molecule has 0 N–H and O–H groups in total. The highest BCUT2D eigenvalue weighted by Gasteiger charge is 2.27. The smallest absolute Gasteiger partial charge is 0.363 e. The van der Waals surface area contributed by atoms with Crippen molar-refractivity contribution in [3.05, 3.63) is 80.2 Å². The Morgan fingerprint density at radius 1 is 1.15 bits per heavy atom. The number of nitrogens with zero attached hydrogens (tertiary/aromatic N) is 1. The lowest BCUT2D eigenvalue weighted by atomic mass is 10.1. The number of aliphatic imine (C=N–C) groups is 1. The summed E-state index contributed by atoms with van der Waals surface area (Å²) in [6.45, 7) is 0. The number of hydrogen-bond donors (Lipinski definition) is 0. The molecule has 0 spiro atoms. The number of esters is 1. The summed E-state index contributed by atoms with van der Waals surface area (Å²) in [5.74, 6) is -0.0367. The molecule has 0 aliphatic carbocycles. The van der Waals surface area contributed by atoms with Crippen LogP contribution in [0.1, 0.15) is 11.1 Å². The van der Waals surface area contributed by atoms with Crippen molar-refractivity contribution >= 4 is 44.8 Å². The lowest BCUT2D eigenvalue weighted by Crippen LogP contribution is -2.08. The van der Waals surface area contributed by atoms with Gasteiger partial charge in [-0.1, -0.05) is 28.1 Å². The fraction of sp³-hybridized carbons (Fsp3) is 0.0500. The number of methoxy groups -OCH3 is 1. The van der Waals surface area contributed by atoms with E-state index in [9.17, 15) is 9.59 Å². The van der Waals surface area contributed by atoms with Crippen LogP contribution >= 0.6 is 15.9 Å². The summed E-state index contributed by atoms with van der Waals surface area (Å²) in [5, 5.41) is 0.427. The van der Waals surface area contributed by atoms with Crippen LogP contribution in [0, 0.1) is 0 Å². The highest BCUT2D eigenvalue weighted by atomic mass is 79.9. The quantitative estimate of drug-likeness (QED) is 0.469. The van der Waals surface area contributed by atoms with E-state index < -0.39 is 5.97 Å². The summed E-state index contributed by atoms with van der Waals surface area (Å²) >= 11 is 3.37. The molecular formula is C20H12BrNO5. The Kier molecular flexibility index (Phi) is 4.37. The molecule has 0 saturated carbocycles. The van der Waals surface area contributed by atoms with Crippen molar-refractivity contribution in [3.8, 4) is 5.75 Å². The maximum Gasteiger partial charge on any atom is 0.363 e. The van der Waals surface area contributed by atoms with Crippen molar-refractivity contribution in [1.29, 1.82) is 0 Å². The minimum absolute atomic E-state index is 0.00890. The lowest BCUT2D eigenvalue weighted by Gasteiger charge is -2.07. The molecule has 0 unspecified atom stereocenters. The highest BCUT2D eigenvalue weighted by molar-refractivity contribution is 9.10. The molecule has 0 amide bonds. The van der Waals surface area contributed by atoms with Crippen LogP contribution in [0.4, 0.5) is 0 Å². The molecule has 1 aliphatic heterocycles. The van der Waals surface area contributed by atoms with Gasteiger partial charge >= 0.3 is 5.97 Å². The van der Waals surface area contributed by atoms with Gasteiger partial charge in [0.15, 0.2) is 11.1 Å². The van der Waals surface area contributed by atoms with Crippen LogP contribution in [0.2, 0.25) is 0 Å². The summed E-state index contributed by atoms with van der Waals surface area (Å²) in [6, 6.07) is 12.2. The van der Waals surface area contributed by atoms with Crippen LogP contribution in [0.25, 0.3) is 17.0 Å². The van der Waals surface area contributed by atoms with Crippen molar-refractivity contribution in [2.24, 2.45) is 4.99 Å². The molecule has 3 aromatic rings. The second kappa shape index (κ2) is 6.85. The fourth-order valence-corrected chi connectivity index (χ4v) is 3.07. The van der Waals surface area contributed by atoms with E-state index >= 15 is 0 Å². The first-order chi connectivity index (χ1) is 13.1. The maximum atomic E-state index is 12.6. The molecule has 2 aromatic carbocycles. The SMILES string of the molecule is COc1ccc(Br)cc1C1=N/C(=C\c2coc3ccccc3c2=O)C(=O)O1. The van der Waals surface area contributed by atoms with E-state index in [4.69, 9.17) is 13.9 Å². The Hall–Kier alpha value is -3.19. The first kappa shape index (κ1) is 17.2. The average molecular weight is 426 g/mol. The van der Waals surface area contributed by atoms with Crippen molar-refractivity contribution in [2.75, 3.05) is 7.11 Å². The fourth-order valence-electron chi connectivity index (χ4n) is 2.71. The van der Waals surface area contributed by atoms with Gasteiger partial charge in [-0.15, -0.1) is 0 Å². The van der Waals surface area contributed by atoms with E-state index in [0.717, 1.165) is 4.47 Å². The molecule has 1 aliphatic rings. The second-order valence-electron chi connectivity index (χ2n) is 5.70. The monoisotopic (exact) mass is 425 g/mol. The van der Waals surface area contributed by atoms with Gasteiger partial charge in [0.1, 0.15) is 17.6 Å². The molecule has 27 heavy (non-hydrogen) atoms. The first-order valence-electron chi connectivity index (χ1n) is 7.94. The minimum Gasteiger partial charge on any atom is -0.496 e. The number of carbonyl (C=O) groups is 1. The van der Waals surface area contributed by atoms with Gasteiger partial charge in [-0.2, -0.15) is 0 Å². The second-order valence-corrected chi connectivity index (χ2v) is 6.61. The zero-order valence-electron chi connectivity index (χ0n) is 14.1. The molecule has 0 fully saturated rings. The van der Waals surface area contributed by atoms with Crippen LogP contribution in [0.3, 0.4) is 0 Å². The van der Waals surface area contributed by atoms with Gasteiger partial charge in [0.2, 0.25) is 5.90 Å².